The number of nitrogens with one attached hydrogen (secondary N) is 1. The summed E-state index contributed by atoms with van der Waals surface area (Å²) < 4.78 is 5.45. The van der Waals surface area contributed by atoms with E-state index in [0.717, 1.165) is 44.9 Å². The monoisotopic (exact) mass is 429 g/mol. The molecule has 1 aromatic carbocycles. The van der Waals surface area contributed by atoms with Gasteiger partial charge in [-0.05, 0) is 73.6 Å². The van der Waals surface area contributed by atoms with Crippen LogP contribution >= 0.6 is 0 Å². The maximum absolute atomic E-state index is 13.7. The van der Waals surface area contributed by atoms with E-state index in [-0.39, 0.29) is 23.6 Å². The Kier molecular flexibility index (Phi) is 5.75. The van der Waals surface area contributed by atoms with Crippen LogP contribution in [-0.2, 0) is 17.6 Å². The summed E-state index contributed by atoms with van der Waals surface area (Å²) in [6.07, 6.45) is 12.1. The first kappa shape index (κ1) is 20.5. The highest BCUT2D eigenvalue weighted by Crippen LogP contribution is 2.34. The molecule has 0 saturated heterocycles. The molecule has 2 aliphatic carbocycles. The molecule has 1 saturated carbocycles. The summed E-state index contributed by atoms with van der Waals surface area (Å²) in [4.78, 5) is 33.2. The number of anilines is 1. The predicted molar refractivity (Wildman–Crippen MR) is 121 cm³/mol. The van der Waals surface area contributed by atoms with Crippen LogP contribution in [0.5, 0.6) is 0 Å². The molecule has 1 fully saturated rings. The van der Waals surface area contributed by atoms with Crippen molar-refractivity contribution in [3.63, 3.8) is 0 Å². The van der Waals surface area contributed by atoms with Crippen molar-refractivity contribution in [3.05, 3.63) is 83.6 Å². The molecule has 6 nitrogen and oxygen atoms in total. The average Bonchev–Trinajstić information content (AvgIpc) is 3.60. The number of carbonyl (C=O) groups is 2. The lowest BCUT2D eigenvalue weighted by atomic mass is 10.0. The Morgan fingerprint density at radius 1 is 1.03 bits per heavy atom. The Hall–Kier alpha value is -3.41. The topological polar surface area (TPSA) is 75.4 Å². The van der Waals surface area contributed by atoms with Gasteiger partial charge in [-0.25, -0.2) is 0 Å². The minimum Gasteiger partial charge on any atom is -0.459 e. The number of fused-ring (bicyclic) bond motifs is 1. The number of aryl methyl sites for hydroxylation is 2. The summed E-state index contributed by atoms with van der Waals surface area (Å²) in [5, 5.41) is 3.19. The van der Waals surface area contributed by atoms with Gasteiger partial charge in [0.2, 0.25) is 5.91 Å². The van der Waals surface area contributed by atoms with Crippen molar-refractivity contribution >= 4 is 17.5 Å². The summed E-state index contributed by atoms with van der Waals surface area (Å²) in [7, 11) is 0. The fourth-order valence-corrected chi connectivity index (χ4v) is 4.92. The number of carbonyl (C=O) groups excluding carboxylic acids is 2. The van der Waals surface area contributed by atoms with Crippen LogP contribution in [0.3, 0.4) is 0 Å². The van der Waals surface area contributed by atoms with Crippen molar-refractivity contribution in [1.82, 2.24) is 10.3 Å². The number of pyridine rings is 1. The molecule has 0 bridgehead atoms. The van der Waals surface area contributed by atoms with E-state index in [9.17, 15) is 9.59 Å². The lowest BCUT2D eigenvalue weighted by Gasteiger charge is -2.32. The van der Waals surface area contributed by atoms with Crippen molar-refractivity contribution in [2.45, 2.75) is 57.0 Å². The molecule has 32 heavy (non-hydrogen) atoms. The van der Waals surface area contributed by atoms with E-state index in [1.807, 2.05) is 12.1 Å². The maximum Gasteiger partial charge on any atom is 0.294 e. The molecule has 2 amide bonds. The van der Waals surface area contributed by atoms with E-state index in [0.29, 0.717) is 11.3 Å². The third kappa shape index (κ3) is 4.05. The highest BCUT2D eigenvalue weighted by molar-refractivity contribution is 6.08. The highest BCUT2D eigenvalue weighted by Gasteiger charge is 2.36. The van der Waals surface area contributed by atoms with Crippen molar-refractivity contribution in [2.75, 3.05) is 4.90 Å². The molecular formula is C26H27N3O3. The molecule has 1 N–H and O–H groups in total. The number of amides is 2. The molecule has 2 heterocycles. The SMILES string of the molecule is O=C(NC1CCCC1)C(c1cccnc1)N(C(=O)c1ccco1)c1ccc2c(c1)CCC2. The van der Waals surface area contributed by atoms with Gasteiger partial charge in [-0.3, -0.25) is 19.5 Å². The van der Waals surface area contributed by atoms with Crippen molar-refractivity contribution < 1.29 is 14.0 Å². The van der Waals surface area contributed by atoms with E-state index in [1.54, 1.807) is 35.5 Å². The summed E-state index contributed by atoms with van der Waals surface area (Å²) in [6, 6.07) is 12.3. The number of furan rings is 1. The number of benzene rings is 1. The van der Waals surface area contributed by atoms with Gasteiger partial charge in [0.1, 0.15) is 6.04 Å². The number of hydrogen-bond acceptors (Lipinski definition) is 4. The quantitative estimate of drug-likeness (QED) is 0.621. The van der Waals surface area contributed by atoms with Crippen molar-refractivity contribution in [3.8, 4) is 0 Å². The Morgan fingerprint density at radius 3 is 2.62 bits per heavy atom. The predicted octanol–water partition coefficient (Wildman–Crippen LogP) is 4.61. The van der Waals surface area contributed by atoms with Crippen LogP contribution in [-0.4, -0.2) is 22.8 Å². The molecule has 1 atom stereocenters. The van der Waals surface area contributed by atoms with Crippen LogP contribution in [0, 0.1) is 0 Å². The first-order chi connectivity index (χ1) is 15.7. The van der Waals surface area contributed by atoms with Crippen LogP contribution < -0.4 is 10.2 Å². The first-order valence-electron chi connectivity index (χ1n) is 11.4. The van der Waals surface area contributed by atoms with E-state index >= 15 is 0 Å². The van der Waals surface area contributed by atoms with Gasteiger partial charge in [-0.15, -0.1) is 0 Å². The smallest absolute Gasteiger partial charge is 0.294 e. The van der Waals surface area contributed by atoms with Crippen LogP contribution in [0.2, 0.25) is 0 Å². The Balaban J connectivity index is 1.59. The number of hydrogen-bond donors (Lipinski definition) is 1. The van der Waals surface area contributed by atoms with Crippen LogP contribution in [0.4, 0.5) is 5.69 Å². The van der Waals surface area contributed by atoms with E-state index in [2.05, 4.69) is 22.4 Å². The highest BCUT2D eigenvalue weighted by atomic mass is 16.3. The van der Waals surface area contributed by atoms with E-state index < -0.39 is 6.04 Å². The molecule has 1 unspecified atom stereocenters. The summed E-state index contributed by atoms with van der Waals surface area (Å²) in [5.41, 5.74) is 3.92. The number of rotatable bonds is 6. The average molecular weight is 430 g/mol. The second kappa shape index (κ2) is 8.99. The zero-order valence-corrected chi connectivity index (χ0v) is 18.0. The fourth-order valence-electron chi connectivity index (χ4n) is 4.92. The molecule has 2 aromatic heterocycles. The minimum absolute atomic E-state index is 0.141. The molecule has 5 rings (SSSR count). The van der Waals surface area contributed by atoms with Gasteiger partial charge in [-0.2, -0.15) is 0 Å². The van der Waals surface area contributed by atoms with Crippen molar-refractivity contribution in [1.29, 1.82) is 0 Å². The minimum atomic E-state index is -0.846. The summed E-state index contributed by atoms with van der Waals surface area (Å²) in [5.74, 6) is -0.332. The molecule has 0 radical (unpaired) electrons. The van der Waals surface area contributed by atoms with Gasteiger partial charge in [-0.1, -0.05) is 25.0 Å². The molecule has 6 heteroatoms. The van der Waals surface area contributed by atoms with Gasteiger partial charge in [0.15, 0.2) is 5.76 Å². The molecule has 3 aromatic rings. The molecule has 2 aliphatic rings. The lowest BCUT2D eigenvalue weighted by Crippen LogP contribution is -2.46. The Morgan fingerprint density at radius 2 is 1.88 bits per heavy atom. The Labute approximate surface area is 187 Å². The molecular weight excluding hydrogens is 402 g/mol. The summed E-state index contributed by atoms with van der Waals surface area (Å²) >= 11 is 0. The van der Waals surface area contributed by atoms with Gasteiger partial charge in [0, 0.05) is 29.7 Å². The second-order valence-corrected chi connectivity index (χ2v) is 8.64. The standard InChI is InChI=1S/C26H27N3O3/c30-25(28-21-9-1-2-10-21)24(20-8-4-14-27-17-20)29(26(31)23-11-5-15-32-23)22-13-12-18-6-3-7-19(18)16-22/h4-5,8,11-17,21,24H,1-3,6-7,9-10H2,(H,28,30). The molecule has 164 valence electrons. The largest absolute Gasteiger partial charge is 0.459 e. The van der Waals surface area contributed by atoms with Gasteiger partial charge >= 0.3 is 0 Å². The van der Waals surface area contributed by atoms with E-state index in [1.165, 1.54) is 17.4 Å². The van der Waals surface area contributed by atoms with Crippen molar-refractivity contribution in [2.24, 2.45) is 0 Å². The third-order valence-corrected chi connectivity index (χ3v) is 6.52. The van der Waals surface area contributed by atoms with Crippen LogP contribution in [0.1, 0.15) is 65.4 Å². The normalized spacial score (nSPS) is 16.5. The number of aromatic nitrogens is 1. The van der Waals surface area contributed by atoms with Gasteiger partial charge in [0.25, 0.3) is 5.91 Å². The maximum atomic E-state index is 13.7. The van der Waals surface area contributed by atoms with Gasteiger partial charge in [0.05, 0.1) is 6.26 Å². The zero-order valence-electron chi connectivity index (χ0n) is 18.0. The zero-order chi connectivity index (χ0) is 21.9. The van der Waals surface area contributed by atoms with Crippen LogP contribution in [0.15, 0.2) is 65.5 Å². The fraction of sp³-hybridized carbons (Fsp3) is 0.346. The third-order valence-electron chi connectivity index (χ3n) is 6.52. The first-order valence-corrected chi connectivity index (χ1v) is 11.4. The number of nitrogens with zero attached hydrogens (tertiary/aromatic N) is 2. The van der Waals surface area contributed by atoms with Crippen LogP contribution in [0.25, 0.3) is 0 Å². The Bertz CT molecular complexity index is 1090. The molecule has 0 aliphatic heterocycles. The summed E-state index contributed by atoms with van der Waals surface area (Å²) in [6.45, 7) is 0. The second-order valence-electron chi connectivity index (χ2n) is 8.64. The lowest BCUT2D eigenvalue weighted by molar-refractivity contribution is -0.123. The van der Waals surface area contributed by atoms with Gasteiger partial charge < -0.3 is 9.73 Å². The van der Waals surface area contributed by atoms with E-state index in [4.69, 9.17) is 4.42 Å². The molecule has 0 spiro atoms.